The number of thioether (sulfide) groups is 1. The molecule has 0 atom stereocenters. The Hall–Kier alpha value is -0.110. The van der Waals surface area contributed by atoms with Crippen LogP contribution in [0.4, 0.5) is 0 Å². The van der Waals surface area contributed by atoms with Gasteiger partial charge in [0.25, 0.3) is 0 Å². The van der Waals surface area contributed by atoms with Crippen molar-refractivity contribution in [1.29, 1.82) is 0 Å². The van der Waals surface area contributed by atoms with Crippen LogP contribution in [-0.2, 0) is 0 Å². The summed E-state index contributed by atoms with van der Waals surface area (Å²) in [7, 11) is 0. The molecule has 1 heterocycles. The lowest BCUT2D eigenvalue weighted by atomic mass is 10.1. The Kier molecular flexibility index (Phi) is 2.06. The number of rotatable bonds is 0. The summed E-state index contributed by atoms with van der Waals surface area (Å²) in [6, 6.07) is 0. The number of hydrogen-bond donors (Lipinski definition) is 1. The van der Waals surface area contributed by atoms with E-state index in [1.807, 2.05) is 18.0 Å². The van der Waals surface area contributed by atoms with Gasteiger partial charge in [-0.25, -0.2) is 0 Å². The fourth-order valence-corrected chi connectivity index (χ4v) is 1.53. The first kappa shape index (κ1) is 7.00. The molecule has 0 aromatic rings. The van der Waals surface area contributed by atoms with E-state index in [0.717, 1.165) is 6.54 Å². The van der Waals surface area contributed by atoms with Crippen LogP contribution in [0.3, 0.4) is 0 Å². The maximum absolute atomic E-state index is 3.20. The van der Waals surface area contributed by atoms with Gasteiger partial charge in [-0.1, -0.05) is 13.8 Å². The molecule has 52 valence electrons. The van der Waals surface area contributed by atoms with Gasteiger partial charge in [0.05, 0.1) is 0 Å². The van der Waals surface area contributed by atoms with Crippen molar-refractivity contribution in [2.24, 2.45) is 0 Å². The molecule has 1 aliphatic rings. The molecule has 9 heavy (non-hydrogen) atoms. The number of nitrogens with one attached hydrogen (secondary N) is 1. The average molecular weight is 143 g/mol. The van der Waals surface area contributed by atoms with Crippen molar-refractivity contribution in [3.05, 3.63) is 11.6 Å². The molecule has 2 heteroatoms. The van der Waals surface area contributed by atoms with Gasteiger partial charge in [0, 0.05) is 17.5 Å². The molecule has 0 spiro atoms. The van der Waals surface area contributed by atoms with Gasteiger partial charge >= 0.3 is 0 Å². The molecule has 0 saturated carbocycles. The molecular formula is C7H13NS. The Labute approximate surface area is 60.9 Å². The summed E-state index contributed by atoms with van der Waals surface area (Å²) in [6.07, 6.45) is 3.27. The van der Waals surface area contributed by atoms with Crippen molar-refractivity contribution < 1.29 is 0 Å². The Balaban J connectivity index is 2.48. The average Bonchev–Trinajstić information content (AvgIpc) is 1.92. The molecule has 0 amide bonds. The molecule has 1 N–H and O–H groups in total. The Morgan fingerprint density at radius 2 is 2.33 bits per heavy atom. The first-order chi connectivity index (χ1) is 4.21. The summed E-state index contributed by atoms with van der Waals surface area (Å²) in [4.78, 5) is 0. The summed E-state index contributed by atoms with van der Waals surface area (Å²) in [5.41, 5.74) is 0. The van der Waals surface area contributed by atoms with Crippen LogP contribution >= 0.6 is 11.8 Å². The molecule has 0 saturated heterocycles. The molecular weight excluding hydrogens is 130 g/mol. The van der Waals surface area contributed by atoms with E-state index in [1.54, 1.807) is 0 Å². The summed E-state index contributed by atoms with van der Waals surface area (Å²) in [5.74, 6) is 0. The van der Waals surface area contributed by atoms with E-state index in [1.165, 1.54) is 6.42 Å². The van der Waals surface area contributed by atoms with E-state index in [0.29, 0.717) is 4.75 Å². The second-order valence-corrected chi connectivity index (χ2v) is 4.50. The summed E-state index contributed by atoms with van der Waals surface area (Å²) < 4.78 is 0.431. The van der Waals surface area contributed by atoms with Crippen molar-refractivity contribution in [3.8, 4) is 0 Å². The molecule has 0 aromatic carbocycles. The molecule has 0 unspecified atom stereocenters. The molecule has 1 nitrogen and oxygen atoms in total. The highest BCUT2D eigenvalue weighted by Gasteiger charge is 2.17. The van der Waals surface area contributed by atoms with E-state index in [2.05, 4.69) is 24.6 Å². The SMILES string of the molecule is CC1(C)CCNC=CS1. The van der Waals surface area contributed by atoms with Crippen LogP contribution in [0.25, 0.3) is 0 Å². The minimum atomic E-state index is 0.431. The van der Waals surface area contributed by atoms with Gasteiger partial charge in [0.2, 0.25) is 0 Å². The fraction of sp³-hybridized carbons (Fsp3) is 0.714. The van der Waals surface area contributed by atoms with Gasteiger partial charge < -0.3 is 5.32 Å². The highest BCUT2D eigenvalue weighted by molar-refractivity contribution is 8.03. The van der Waals surface area contributed by atoms with E-state index < -0.39 is 0 Å². The van der Waals surface area contributed by atoms with Crippen LogP contribution < -0.4 is 5.32 Å². The van der Waals surface area contributed by atoms with E-state index in [-0.39, 0.29) is 0 Å². The first-order valence-corrected chi connectivity index (χ1v) is 4.15. The predicted molar refractivity (Wildman–Crippen MR) is 43.4 cm³/mol. The third-order valence-corrected chi connectivity index (χ3v) is 2.56. The molecule has 1 aliphatic heterocycles. The third kappa shape index (κ3) is 2.31. The largest absolute Gasteiger partial charge is 0.390 e. The monoisotopic (exact) mass is 143 g/mol. The summed E-state index contributed by atoms with van der Waals surface area (Å²) in [6.45, 7) is 5.65. The van der Waals surface area contributed by atoms with Crippen LogP contribution in [0.15, 0.2) is 11.6 Å². The lowest BCUT2D eigenvalue weighted by Crippen LogP contribution is -2.18. The van der Waals surface area contributed by atoms with Crippen molar-refractivity contribution >= 4 is 11.8 Å². The normalized spacial score (nSPS) is 24.7. The highest BCUT2D eigenvalue weighted by Crippen LogP contribution is 2.29. The summed E-state index contributed by atoms with van der Waals surface area (Å²) >= 11 is 1.90. The minimum Gasteiger partial charge on any atom is -0.390 e. The van der Waals surface area contributed by atoms with E-state index in [4.69, 9.17) is 0 Å². The van der Waals surface area contributed by atoms with Gasteiger partial charge in [0.15, 0.2) is 0 Å². The minimum absolute atomic E-state index is 0.431. The van der Waals surface area contributed by atoms with Crippen LogP contribution in [0.1, 0.15) is 20.3 Å². The van der Waals surface area contributed by atoms with Gasteiger partial charge in [-0.15, -0.1) is 11.8 Å². The van der Waals surface area contributed by atoms with Crippen LogP contribution in [-0.4, -0.2) is 11.3 Å². The molecule has 0 radical (unpaired) electrons. The van der Waals surface area contributed by atoms with Crippen molar-refractivity contribution in [2.75, 3.05) is 6.54 Å². The molecule has 0 fully saturated rings. The van der Waals surface area contributed by atoms with Crippen LogP contribution in [0.2, 0.25) is 0 Å². The topological polar surface area (TPSA) is 12.0 Å². The zero-order valence-corrected chi connectivity index (χ0v) is 6.79. The van der Waals surface area contributed by atoms with Crippen molar-refractivity contribution in [2.45, 2.75) is 25.0 Å². The van der Waals surface area contributed by atoms with Gasteiger partial charge in [-0.3, -0.25) is 0 Å². The standard InChI is InChI=1S/C7H13NS/c1-7(2)3-4-8-5-6-9-7/h5-6,8H,3-4H2,1-2H3. The van der Waals surface area contributed by atoms with Gasteiger partial charge in [-0.2, -0.15) is 0 Å². The molecule has 0 bridgehead atoms. The van der Waals surface area contributed by atoms with E-state index in [9.17, 15) is 0 Å². The molecule has 0 aliphatic carbocycles. The second-order valence-electron chi connectivity index (χ2n) is 2.88. The lowest BCUT2D eigenvalue weighted by molar-refractivity contribution is 0.624. The zero-order chi connectivity index (χ0) is 6.74. The van der Waals surface area contributed by atoms with Crippen LogP contribution in [0.5, 0.6) is 0 Å². The van der Waals surface area contributed by atoms with Crippen LogP contribution in [0, 0.1) is 0 Å². The smallest absolute Gasteiger partial charge is 0.0162 e. The van der Waals surface area contributed by atoms with Crippen molar-refractivity contribution in [1.82, 2.24) is 5.32 Å². The second kappa shape index (κ2) is 2.65. The molecule has 0 aromatic heterocycles. The molecule has 1 rings (SSSR count). The van der Waals surface area contributed by atoms with Gasteiger partial charge in [0.1, 0.15) is 0 Å². The Morgan fingerprint density at radius 1 is 1.56 bits per heavy atom. The first-order valence-electron chi connectivity index (χ1n) is 3.27. The summed E-state index contributed by atoms with van der Waals surface area (Å²) in [5, 5.41) is 5.33. The third-order valence-electron chi connectivity index (χ3n) is 1.44. The Bertz CT molecular complexity index is 118. The maximum Gasteiger partial charge on any atom is 0.0162 e. The number of hydrogen-bond acceptors (Lipinski definition) is 2. The van der Waals surface area contributed by atoms with E-state index >= 15 is 0 Å². The maximum atomic E-state index is 3.20. The quantitative estimate of drug-likeness (QED) is 0.556. The lowest BCUT2D eigenvalue weighted by Gasteiger charge is -2.19. The highest BCUT2D eigenvalue weighted by atomic mass is 32.2. The predicted octanol–water partition coefficient (Wildman–Crippen LogP) is 1.96. The Morgan fingerprint density at radius 3 is 3.11 bits per heavy atom. The zero-order valence-electron chi connectivity index (χ0n) is 5.98. The van der Waals surface area contributed by atoms with Gasteiger partial charge in [-0.05, 0) is 11.8 Å². The van der Waals surface area contributed by atoms with Crippen molar-refractivity contribution in [3.63, 3.8) is 0 Å². The fourth-order valence-electron chi connectivity index (χ4n) is 0.782.